The summed E-state index contributed by atoms with van der Waals surface area (Å²) in [6.45, 7) is 1.17. The first-order valence-corrected chi connectivity index (χ1v) is 11.3. The molecule has 7 nitrogen and oxygen atoms in total. The number of rotatable bonds is 10. The number of aliphatic hydroxyl groups is 1. The highest BCUT2D eigenvalue weighted by Crippen LogP contribution is 2.34. The van der Waals surface area contributed by atoms with Crippen LogP contribution in [0, 0.1) is 0 Å². The first kappa shape index (κ1) is 27.5. The SMILES string of the molecule is CC(C)(OC(=O)c1ccccc1)[C@H](OC(=O)c1ccccc1)[C@](O)(COC(=O)c1ccccc1)C(F)F. The van der Waals surface area contributed by atoms with Crippen molar-refractivity contribution in [3.05, 3.63) is 108 Å². The molecule has 0 unspecified atom stereocenters. The van der Waals surface area contributed by atoms with Gasteiger partial charge >= 0.3 is 17.9 Å². The maximum atomic E-state index is 14.5. The van der Waals surface area contributed by atoms with Crippen LogP contribution in [-0.4, -0.2) is 53.4 Å². The molecule has 37 heavy (non-hydrogen) atoms. The third-order valence-corrected chi connectivity index (χ3v) is 5.51. The number of esters is 3. The smallest absolute Gasteiger partial charge is 0.338 e. The molecule has 0 aromatic heterocycles. The quantitative estimate of drug-likeness (QED) is 0.311. The minimum Gasteiger partial charge on any atom is -0.459 e. The molecule has 1 N–H and O–H groups in total. The van der Waals surface area contributed by atoms with E-state index in [1.807, 2.05) is 0 Å². The fourth-order valence-electron chi connectivity index (χ4n) is 3.61. The summed E-state index contributed by atoms with van der Waals surface area (Å²) in [6.07, 6.45) is -5.72. The number of carbonyl (C=O) groups excluding carboxylic acids is 3. The molecule has 0 aliphatic rings. The van der Waals surface area contributed by atoms with Crippen LogP contribution in [0.3, 0.4) is 0 Å². The Morgan fingerprint density at radius 3 is 1.57 bits per heavy atom. The van der Waals surface area contributed by atoms with Gasteiger partial charge in [-0.15, -0.1) is 0 Å². The number of benzene rings is 3. The summed E-state index contributed by atoms with van der Waals surface area (Å²) in [5.41, 5.74) is -5.06. The van der Waals surface area contributed by atoms with Gasteiger partial charge < -0.3 is 19.3 Å². The lowest BCUT2D eigenvalue weighted by Crippen LogP contribution is -2.63. The third-order valence-electron chi connectivity index (χ3n) is 5.51. The fourth-order valence-corrected chi connectivity index (χ4v) is 3.61. The summed E-state index contributed by atoms with van der Waals surface area (Å²) in [4.78, 5) is 38.0. The molecule has 3 aromatic carbocycles. The molecule has 9 heteroatoms. The van der Waals surface area contributed by atoms with Crippen LogP contribution in [0.4, 0.5) is 8.78 Å². The number of hydrogen-bond donors (Lipinski definition) is 1. The van der Waals surface area contributed by atoms with Gasteiger partial charge in [0.1, 0.15) is 12.2 Å². The van der Waals surface area contributed by atoms with Crippen LogP contribution in [0.1, 0.15) is 44.9 Å². The Morgan fingerprint density at radius 1 is 0.730 bits per heavy atom. The van der Waals surface area contributed by atoms with Crippen molar-refractivity contribution in [2.45, 2.75) is 37.6 Å². The second kappa shape index (κ2) is 11.7. The summed E-state index contributed by atoms with van der Waals surface area (Å²) in [5, 5.41) is 11.2. The predicted octanol–water partition coefficient (Wildman–Crippen LogP) is 4.70. The molecule has 0 spiro atoms. The van der Waals surface area contributed by atoms with E-state index in [9.17, 15) is 28.3 Å². The second-order valence-corrected chi connectivity index (χ2v) is 8.74. The zero-order valence-electron chi connectivity index (χ0n) is 20.2. The van der Waals surface area contributed by atoms with Crippen LogP contribution >= 0.6 is 0 Å². The van der Waals surface area contributed by atoms with Gasteiger partial charge in [-0.25, -0.2) is 23.2 Å². The Morgan fingerprint density at radius 2 is 1.14 bits per heavy atom. The third kappa shape index (κ3) is 6.77. The van der Waals surface area contributed by atoms with Gasteiger partial charge in [-0.05, 0) is 50.2 Å². The van der Waals surface area contributed by atoms with E-state index in [2.05, 4.69) is 0 Å². The monoisotopic (exact) mass is 512 g/mol. The van der Waals surface area contributed by atoms with Gasteiger partial charge in [0.25, 0.3) is 6.43 Å². The Balaban J connectivity index is 1.94. The molecule has 194 valence electrons. The van der Waals surface area contributed by atoms with Gasteiger partial charge in [-0.3, -0.25) is 0 Å². The molecule has 3 aromatic rings. The van der Waals surface area contributed by atoms with E-state index >= 15 is 0 Å². The van der Waals surface area contributed by atoms with Crippen LogP contribution in [0.2, 0.25) is 0 Å². The average Bonchev–Trinajstić information content (AvgIpc) is 2.91. The minimum absolute atomic E-state index is 0.00980. The van der Waals surface area contributed by atoms with Crippen molar-refractivity contribution in [3.8, 4) is 0 Å². The highest BCUT2D eigenvalue weighted by Gasteiger charge is 2.57. The van der Waals surface area contributed by atoms with E-state index in [1.165, 1.54) is 62.4 Å². The number of hydrogen-bond acceptors (Lipinski definition) is 7. The Labute approximate surface area is 212 Å². The highest BCUT2D eigenvalue weighted by atomic mass is 19.3. The van der Waals surface area contributed by atoms with E-state index in [4.69, 9.17) is 14.2 Å². The lowest BCUT2D eigenvalue weighted by Gasteiger charge is -2.42. The summed E-state index contributed by atoms with van der Waals surface area (Å²) < 4.78 is 44.7. The Hall–Kier alpha value is -4.11. The zero-order chi connectivity index (χ0) is 27.1. The Bertz CT molecular complexity index is 1200. The van der Waals surface area contributed by atoms with Gasteiger partial charge in [0.15, 0.2) is 6.10 Å². The molecule has 3 rings (SSSR count). The zero-order valence-corrected chi connectivity index (χ0v) is 20.2. The molecule has 0 aliphatic heterocycles. The molecule has 0 bridgehead atoms. The summed E-state index contributed by atoms with van der Waals surface area (Å²) in [5.74, 6) is -2.93. The predicted molar refractivity (Wildman–Crippen MR) is 129 cm³/mol. The number of carbonyl (C=O) groups is 3. The molecule has 0 heterocycles. The maximum absolute atomic E-state index is 14.5. The lowest BCUT2D eigenvalue weighted by atomic mass is 9.85. The maximum Gasteiger partial charge on any atom is 0.338 e. The van der Waals surface area contributed by atoms with Gasteiger partial charge in [-0.2, -0.15) is 0 Å². The van der Waals surface area contributed by atoms with Crippen LogP contribution in [0.15, 0.2) is 91.0 Å². The standard InChI is InChI=1S/C28H26F2O7/c1-27(2,37-24(33)21-16-10-5-11-17-21)25(36-23(32)20-14-8-4-9-15-20)28(34,26(29)30)18-35-22(31)19-12-6-3-7-13-19/h3-17,25-26,34H,18H2,1-2H3/t25-,28+/m0/s1. The molecule has 2 atom stereocenters. The molecule has 0 saturated carbocycles. The topological polar surface area (TPSA) is 99.1 Å². The van der Waals surface area contributed by atoms with E-state index in [0.29, 0.717) is 0 Å². The van der Waals surface area contributed by atoms with Crippen molar-refractivity contribution in [2.24, 2.45) is 0 Å². The largest absolute Gasteiger partial charge is 0.459 e. The Kier molecular flexibility index (Phi) is 8.73. The summed E-state index contributed by atoms with van der Waals surface area (Å²) >= 11 is 0. The molecule has 0 saturated heterocycles. The van der Waals surface area contributed by atoms with Crippen LogP contribution in [-0.2, 0) is 14.2 Å². The van der Waals surface area contributed by atoms with E-state index in [0.717, 1.165) is 0 Å². The van der Waals surface area contributed by atoms with Gasteiger partial charge in [0.05, 0.1) is 16.7 Å². The van der Waals surface area contributed by atoms with Crippen molar-refractivity contribution in [1.29, 1.82) is 0 Å². The molecule has 0 amide bonds. The van der Waals surface area contributed by atoms with Crippen LogP contribution in [0.5, 0.6) is 0 Å². The minimum atomic E-state index is -3.57. The molecular formula is C28H26F2O7. The van der Waals surface area contributed by atoms with E-state index in [-0.39, 0.29) is 16.7 Å². The first-order chi connectivity index (χ1) is 17.5. The van der Waals surface area contributed by atoms with Gasteiger partial charge in [0, 0.05) is 0 Å². The summed E-state index contributed by atoms with van der Waals surface area (Å²) in [6, 6.07) is 22.8. The normalized spacial score (nSPS) is 13.8. The molecule has 0 aliphatic carbocycles. The summed E-state index contributed by atoms with van der Waals surface area (Å²) in [7, 11) is 0. The first-order valence-electron chi connectivity index (χ1n) is 11.3. The van der Waals surface area contributed by atoms with Crippen molar-refractivity contribution >= 4 is 17.9 Å². The highest BCUT2D eigenvalue weighted by molar-refractivity contribution is 5.91. The molecular weight excluding hydrogens is 486 g/mol. The van der Waals surface area contributed by atoms with E-state index in [1.54, 1.807) is 42.5 Å². The number of halogens is 2. The van der Waals surface area contributed by atoms with Crippen molar-refractivity contribution < 1.29 is 42.5 Å². The second-order valence-electron chi connectivity index (χ2n) is 8.74. The number of ether oxygens (including phenoxy) is 3. The number of alkyl halides is 2. The van der Waals surface area contributed by atoms with E-state index < -0.39 is 48.2 Å². The average molecular weight is 513 g/mol. The van der Waals surface area contributed by atoms with Crippen molar-refractivity contribution in [1.82, 2.24) is 0 Å². The molecule has 0 fully saturated rings. The van der Waals surface area contributed by atoms with Crippen molar-refractivity contribution in [3.63, 3.8) is 0 Å². The van der Waals surface area contributed by atoms with Crippen molar-refractivity contribution in [2.75, 3.05) is 6.61 Å². The van der Waals surface area contributed by atoms with Crippen LogP contribution < -0.4 is 0 Å². The molecule has 0 radical (unpaired) electrons. The van der Waals surface area contributed by atoms with Gasteiger partial charge in [0.2, 0.25) is 5.60 Å². The fraction of sp³-hybridized carbons (Fsp3) is 0.250. The lowest BCUT2D eigenvalue weighted by molar-refractivity contribution is -0.224. The van der Waals surface area contributed by atoms with Gasteiger partial charge in [-0.1, -0.05) is 54.6 Å². The van der Waals surface area contributed by atoms with Crippen LogP contribution in [0.25, 0.3) is 0 Å².